The first-order valence-corrected chi connectivity index (χ1v) is 12.1. The highest BCUT2D eigenvalue weighted by Gasteiger charge is 2.20. The van der Waals surface area contributed by atoms with E-state index in [1.807, 2.05) is 0 Å². The van der Waals surface area contributed by atoms with Gasteiger partial charge in [0, 0.05) is 25.4 Å². The number of sulfonamides is 1. The summed E-state index contributed by atoms with van der Waals surface area (Å²) in [5, 5.41) is 3.41. The molecule has 1 saturated carbocycles. The third-order valence-electron chi connectivity index (χ3n) is 4.58. The van der Waals surface area contributed by atoms with Gasteiger partial charge in [-0.3, -0.25) is 0 Å². The fraction of sp³-hybridized carbons (Fsp3) is 0.647. The molecule has 0 spiro atoms. The molecule has 2 N–H and O–H groups in total. The van der Waals surface area contributed by atoms with Gasteiger partial charge in [-0.05, 0) is 37.5 Å². The smallest absolute Gasteiger partial charge is 0.240 e. The first-order valence-electron chi connectivity index (χ1n) is 8.74. The minimum Gasteiger partial charge on any atom is -0.313 e. The highest BCUT2D eigenvalue weighted by atomic mass is 32.2. The summed E-state index contributed by atoms with van der Waals surface area (Å²) in [6.07, 6.45) is 8.35. The van der Waals surface area contributed by atoms with Crippen molar-refractivity contribution >= 4 is 19.9 Å². The molecule has 2 rings (SSSR count). The van der Waals surface area contributed by atoms with Crippen molar-refractivity contribution in [3.63, 3.8) is 0 Å². The zero-order chi connectivity index (χ0) is 18.5. The molecule has 0 saturated heterocycles. The molecule has 0 amide bonds. The van der Waals surface area contributed by atoms with Gasteiger partial charge in [-0.1, -0.05) is 31.7 Å². The summed E-state index contributed by atoms with van der Waals surface area (Å²) in [6.45, 7) is 2.50. The maximum absolute atomic E-state index is 12.5. The van der Waals surface area contributed by atoms with Crippen molar-refractivity contribution in [1.29, 1.82) is 0 Å². The summed E-state index contributed by atoms with van der Waals surface area (Å²) in [6, 6.07) is 4.64. The van der Waals surface area contributed by atoms with Crippen molar-refractivity contribution < 1.29 is 16.8 Å². The molecule has 0 aliphatic heterocycles. The zero-order valence-electron chi connectivity index (χ0n) is 14.9. The van der Waals surface area contributed by atoms with Gasteiger partial charge in [-0.15, -0.1) is 0 Å². The summed E-state index contributed by atoms with van der Waals surface area (Å²) >= 11 is 0. The van der Waals surface area contributed by atoms with Crippen LogP contribution >= 0.6 is 0 Å². The van der Waals surface area contributed by atoms with Gasteiger partial charge >= 0.3 is 0 Å². The molecule has 0 unspecified atom stereocenters. The molecule has 0 aromatic heterocycles. The summed E-state index contributed by atoms with van der Waals surface area (Å²) in [5.74, 6) is 0. The maximum Gasteiger partial charge on any atom is 0.240 e. The van der Waals surface area contributed by atoms with E-state index in [4.69, 9.17) is 0 Å². The predicted molar refractivity (Wildman–Crippen MR) is 99.0 cm³/mol. The van der Waals surface area contributed by atoms with E-state index in [9.17, 15) is 16.8 Å². The van der Waals surface area contributed by atoms with E-state index in [1.54, 1.807) is 6.92 Å². The summed E-state index contributed by atoms with van der Waals surface area (Å²) in [5.41, 5.74) is 0.525. The van der Waals surface area contributed by atoms with E-state index < -0.39 is 19.9 Å². The van der Waals surface area contributed by atoms with Gasteiger partial charge in [0.25, 0.3) is 0 Å². The van der Waals surface area contributed by atoms with Crippen molar-refractivity contribution in [2.75, 3.05) is 19.3 Å². The lowest BCUT2D eigenvalue weighted by atomic mass is 10.1. The SMILES string of the molecule is Cc1ccc(S(C)(=O)=O)cc1S(=O)(=O)NCCNC1CCCCCC1. The molecule has 1 aromatic rings. The van der Waals surface area contributed by atoms with Crippen molar-refractivity contribution in [3.8, 4) is 0 Å². The van der Waals surface area contributed by atoms with Crippen LogP contribution in [0.3, 0.4) is 0 Å². The van der Waals surface area contributed by atoms with Gasteiger partial charge in [-0.25, -0.2) is 21.6 Å². The number of aryl methyl sites for hydroxylation is 1. The largest absolute Gasteiger partial charge is 0.313 e. The van der Waals surface area contributed by atoms with Crippen LogP contribution < -0.4 is 10.0 Å². The number of hydrogen-bond donors (Lipinski definition) is 2. The lowest BCUT2D eigenvalue weighted by Gasteiger charge is -2.16. The second-order valence-electron chi connectivity index (χ2n) is 6.74. The Labute approximate surface area is 151 Å². The molecule has 1 aromatic carbocycles. The highest BCUT2D eigenvalue weighted by Crippen LogP contribution is 2.20. The van der Waals surface area contributed by atoms with Gasteiger partial charge in [-0.2, -0.15) is 0 Å². The molecule has 8 heteroatoms. The molecular formula is C17H28N2O4S2. The Balaban J connectivity index is 1.97. The monoisotopic (exact) mass is 388 g/mol. The molecule has 1 aliphatic rings. The average molecular weight is 389 g/mol. The molecule has 142 valence electrons. The number of rotatable bonds is 7. The van der Waals surface area contributed by atoms with E-state index in [0.29, 0.717) is 18.2 Å². The van der Waals surface area contributed by atoms with Gasteiger partial charge < -0.3 is 5.32 Å². The lowest BCUT2D eigenvalue weighted by molar-refractivity contribution is 0.461. The Morgan fingerprint density at radius 2 is 1.64 bits per heavy atom. The average Bonchev–Trinajstić information content (AvgIpc) is 2.79. The van der Waals surface area contributed by atoms with E-state index in [-0.39, 0.29) is 16.3 Å². The van der Waals surface area contributed by atoms with Crippen LogP contribution in [0.25, 0.3) is 0 Å². The molecule has 0 atom stereocenters. The van der Waals surface area contributed by atoms with Crippen molar-refractivity contribution in [1.82, 2.24) is 10.0 Å². The van der Waals surface area contributed by atoms with Crippen LogP contribution in [0.4, 0.5) is 0 Å². The zero-order valence-corrected chi connectivity index (χ0v) is 16.5. The van der Waals surface area contributed by atoms with Crippen LogP contribution in [0.2, 0.25) is 0 Å². The van der Waals surface area contributed by atoms with Gasteiger partial charge in [0.2, 0.25) is 10.0 Å². The van der Waals surface area contributed by atoms with Crippen LogP contribution in [0.1, 0.15) is 44.1 Å². The van der Waals surface area contributed by atoms with E-state index in [1.165, 1.54) is 43.9 Å². The van der Waals surface area contributed by atoms with E-state index >= 15 is 0 Å². The molecule has 0 bridgehead atoms. The Hall–Kier alpha value is -0.960. The van der Waals surface area contributed by atoms with Crippen molar-refractivity contribution in [2.45, 2.75) is 61.3 Å². The van der Waals surface area contributed by atoms with Gasteiger partial charge in [0.15, 0.2) is 9.84 Å². The predicted octanol–water partition coefficient (Wildman–Crippen LogP) is 1.99. The number of nitrogens with one attached hydrogen (secondary N) is 2. The Morgan fingerprint density at radius 1 is 1.00 bits per heavy atom. The van der Waals surface area contributed by atoms with Crippen LogP contribution in [0.5, 0.6) is 0 Å². The Bertz CT molecular complexity index is 781. The third kappa shape index (κ3) is 6.06. The second-order valence-corrected chi connectivity index (χ2v) is 10.5. The molecule has 6 nitrogen and oxygen atoms in total. The first-order chi connectivity index (χ1) is 11.7. The third-order valence-corrected chi connectivity index (χ3v) is 7.30. The topological polar surface area (TPSA) is 92.3 Å². The first kappa shape index (κ1) is 20.4. The van der Waals surface area contributed by atoms with E-state index in [2.05, 4.69) is 10.0 Å². The van der Waals surface area contributed by atoms with E-state index in [0.717, 1.165) is 19.1 Å². The fourth-order valence-corrected chi connectivity index (χ4v) is 5.15. The minimum atomic E-state index is -3.74. The molecule has 0 heterocycles. The fourth-order valence-electron chi connectivity index (χ4n) is 3.12. The van der Waals surface area contributed by atoms with Crippen LogP contribution in [0, 0.1) is 6.92 Å². The Morgan fingerprint density at radius 3 is 2.24 bits per heavy atom. The highest BCUT2D eigenvalue weighted by molar-refractivity contribution is 7.91. The minimum absolute atomic E-state index is 0.00931. The van der Waals surface area contributed by atoms with Crippen LogP contribution in [0.15, 0.2) is 28.0 Å². The lowest BCUT2D eigenvalue weighted by Crippen LogP contribution is -2.37. The number of benzene rings is 1. The molecule has 25 heavy (non-hydrogen) atoms. The van der Waals surface area contributed by atoms with Crippen molar-refractivity contribution in [2.24, 2.45) is 0 Å². The standard InChI is InChI=1S/C17H28N2O4S2/c1-14-9-10-16(24(2,20)21)13-17(14)25(22,23)19-12-11-18-15-7-5-3-4-6-8-15/h9-10,13,15,18-19H,3-8,11-12H2,1-2H3. The number of sulfone groups is 1. The van der Waals surface area contributed by atoms with Crippen LogP contribution in [-0.4, -0.2) is 42.2 Å². The van der Waals surface area contributed by atoms with Crippen molar-refractivity contribution in [3.05, 3.63) is 23.8 Å². The summed E-state index contributed by atoms with van der Waals surface area (Å²) < 4.78 is 50.9. The number of hydrogen-bond acceptors (Lipinski definition) is 5. The van der Waals surface area contributed by atoms with Crippen LogP contribution in [-0.2, 0) is 19.9 Å². The molecule has 0 radical (unpaired) electrons. The Kier molecular flexibility index (Phi) is 7.01. The normalized spacial score (nSPS) is 17.4. The van der Waals surface area contributed by atoms with Gasteiger partial charge in [0.05, 0.1) is 9.79 Å². The second kappa shape index (κ2) is 8.62. The maximum atomic E-state index is 12.5. The molecule has 1 fully saturated rings. The quantitative estimate of drug-likeness (QED) is 0.550. The summed E-state index contributed by atoms with van der Waals surface area (Å²) in [4.78, 5) is 0.0277. The van der Waals surface area contributed by atoms with Gasteiger partial charge in [0.1, 0.15) is 0 Å². The molecular weight excluding hydrogens is 360 g/mol. The summed E-state index contributed by atoms with van der Waals surface area (Å²) in [7, 11) is -7.19. The molecule has 1 aliphatic carbocycles.